The van der Waals surface area contributed by atoms with Gasteiger partial charge >= 0.3 is 4.87 Å². The number of nitrogens with one attached hydrogen (secondary N) is 2. The number of amides is 3. The Labute approximate surface area is 276 Å². The van der Waals surface area contributed by atoms with Crippen LogP contribution in [0.5, 0.6) is 5.75 Å². The molecule has 1 aromatic heterocycles. The third-order valence-corrected chi connectivity index (χ3v) is 12.9. The second-order valence-corrected chi connectivity index (χ2v) is 14.8. The van der Waals surface area contributed by atoms with Crippen LogP contribution < -0.4 is 19.8 Å². The molecule has 3 heterocycles. The quantitative estimate of drug-likeness (QED) is 0.228. The summed E-state index contributed by atoms with van der Waals surface area (Å²) < 4.78 is 6.14. The molecule has 2 aliphatic heterocycles. The molecule has 1 saturated heterocycles. The molecule has 45 heavy (non-hydrogen) atoms. The Kier molecular flexibility index (Phi) is 7.09. The minimum absolute atomic E-state index is 0.00228. The van der Waals surface area contributed by atoms with E-state index >= 15 is 0 Å². The summed E-state index contributed by atoms with van der Waals surface area (Å²) in [5.41, 5.74) is 1.96. The topological polar surface area (TPSA) is 109 Å². The number of halogens is 2. The van der Waals surface area contributed by atoms with E-state index in [2.05, 4.69) is 10.3 Å². The highest BCUT2D eigenvalue weighted by Crippen LogP contribution is 2.69. The second-order valence-electron chi connectivity index (χ2n) is 11.8. The Bertz CT molecular complexity index is 1930. The lowest BCUT2D eigenvalue weighted by atomic mass is 9.68. The molecule has 0 radical (unpaired) electrons. The number of thioether (sulfide) groups is 1. The Morgan fingerprint density at radius 3 is 2.44 bits per heavy atom. The highest BCUT2D eigenvalue weighted by Gasteiger charge is 2.69. The van der Waals surface area contributed by atoms with Crippen LogP contribution >= 0.6 is 46.3 Å². The van der Waals surface area contributed by atoms with Crippen LogP contribution in [0, 0.1) is 29.6 Å². The van der Waals surface area contributed by atoms with Crippen LogP contribution in [-0.2, 0) is 14.4 Å². The molecule has 3 aromatic carbocycles. The van der Waals surface area contributed by atoms with Crippen molar-refractivity contribution in [2.45, 2.75) is 22.6 Å². The van der Waals surface area contributed by atoms with Gasteiger partial charge < -0.3 is 15.0 Å². The number of imide groups is 1. The van der Waals surface area contributed by atoms with Crippen LogP contribution in [0.4, 0.5) is 11.4 Å². The maximum absolute atomic E-state index is 13.9. The number of carbonyl (C=O) groups excluding carboxylic acids is 3. The molecule has 0 spiro atoms. The number of benzene rings is 3. The molecule has 2 bridgehead atoms. The minimum atomic E-state index is -0.408. The molecule has 2 aliphatic carbocycles. The minimum Gasteiger partial charge on any atom is -0.483 e. The number of anilines is 2. The summed E-state index contributed by atoms with van der Waals surface area (Å²) in [6.07, 6.45) is 0.780. The molecule has 4 aromatic rings. The third kappa shape index (κ3) is 4.64. The number of hydrogen-bond acceptors (Lipinski definition) is 7. The number of rotatable bonds is 6. The van der Waals surface area contributed by atoms with Crippen LogP contribution in [-0.4, -0.2) is 34.6 Å². The van der Waals surface area contributed by atoms with Gasteiger partial charge in [0.15, 0.2) is 6.61 Å². The van der Waals surface area contributed by atoms with Gasteiger partial charge in [-0.2, -0.15) is 0 Å². The van der Waals surface area contributed by atoms with Crippen LogP contribution in [0.3, 0.4) is 0 Å². The zero-order chi connectivity index (χ0) is 31.0. The lowest BCUT2D eigenvalue weighted by molar-refractivity contribution is -0.123. The van der Waals surface area contributed by atoms with Crippen LogP contribution in [0.1, 0.15) is 22.8 Å². The smallest absolute Gasteiger partial charge is 0.305 e. The van der Waals surface area contributed by atoms with Crippen molar-refractivity contribution in [3.63, 3.8) is 0 Å². The van der Waals surface area contributed by atoms with Gasteiger partial charge in [-0.3, -0.25) is 24.1 Å². The number of thiazole rings is 1. The summed E-state index contributed by atoms with van der Waals surface area (Å²) >= 11 is 14.9. The van der Waals surface area contributed by atoms with Gasteiger partial charge in [0.1, 0.15) is 5.75 Å². The van der Waals surface area contributed by atoms with E-state index in [4.69, 9.17) is 27.9 Å². The van der Waals surface area contributed by atoms with Crippen molar-refractivity contribution in [2.75, 3.05) is 16.8 Å². The summed E-state index contributed by atoms with van der Waals surface area (Å²) in [4.78, 5) is 58.5. The van der Waals surface area contributed by atoms with Gasteiger partial charge in [-0.05, 0) is 60.6 Å². The number of fused-ring (bicyclic) bond motifs is 9. The molecule has 3 fully saturated rings. The van der Waals surface area contributed by atoms with Gasteiger partial charge in [0.2, 0.25) is 11.8 Å². The van der Waals surface area contributed by atoms with E-state index in [9.17, 15) is 19.2 Å². The van der Waals surface area contributed by atoms with E-state index in [1.165, 1.54) is 16.2 Å². The van der Waals surface area contributed by atoms with Gasteiger partial charge in [0.25, 0.3) is 5.91 Å². The molecule has 2 N–H and O–H groups in total. The zero-order valence-corrected chi connectivity index (χ0v) is 26.6. The van der Waals surface area contributed by atoms with Crippen LogP contribution in [0.2, 0.25) is 10.0 Å². The Balaban J connectivity index is 1.12. The molecular weight excluding hydrogens is 653 g/mol. The standard InChI is InChI=1S/C33H25Cl2N3O5S2/c34-20-11-10-15(12-21(20)35)36-23(39)14-43-22-9-5-4-8-17(22)24-25-18-13-19(28(25)44-30-29(24)45-33(42)37-30)27-26(18)31(40)38(32(27)41)16-6-2-1-3-7-16/h1-12,18-19,24-28H,13-14H2,(H,36,39)(H,37,42)/t18?,19?,24-,25?,26?,27?,28?/m1/s1. The highest BCUT2D eigenvalue weighted by atomic mass is 35.5. The van der Waals surface area contributed by atoms with Gasteiger partial charge in [-0.1, -0.05) is 70.9 Å². The van der Waals surface area contributed by atoms with Crippen molar-refractivity contribution in [1.29, 1.82) is 0 Å². The molecule has 4 aliphatic rings. The Morgan fingerprint density at radius 1 is 0.933 bits per heavy atom. The normalized spacial score (nSPS) is 27.7. The van der Waals surface area contributed by atoms with Gasteiger partial charge in [0.05, 0.1) is 32.6 Å². The largest absolute Gasteiger partial charge is 0.483 e. The number of para-hydroxylation sites is 2. The first-order valence-corrected chi connectivity index (χ1v) is 17.0. The predicted octanol–water partition coefficient (Wildman–Crippen LogP) is 6.44. The summed E-state index contributed by atoms with van der Waals surface area (Å²) in [5, 5.41) is 4.34. The molecule has 2 saturated carbocycles. The number of aromatic amines is 1. The fourth-order valence-electron chi connectivity index (χ4n) is 7.98. The number of ether oxygens (including phenoxy) is 1. The third-order valence-electron chi connectivity index (χ3n) is 9.55. The van der Waals surface area contributed by atoms with Crippen molar-refractivity contribution in [1.82, 2.24) is 4.98 Å². The average Bonchev–Trinajstić information content (AvgIpc) is 3.77. The first-order chi connectivity index (χ1) is 21.8. The number of carbonyl (C=O) groups is 3. The van der Waals surface area contributed by atoms with E-state index in [-0.39, 0.29) is 64.0 Å². The van der Waals surface area contributed by atoms with Crippen LogP contribution in [0.15, 0.2) is 82.6 Å². The van der Waals surface area contributed by atoms with Gasteiger partial charge in [-0.15, -0.1) is 11.8 Å². The van der Waals surface area contributed by atoms with Gasteiger partial charge in [-0.25, -0.2) is 0 Å². The second kappa shape index (κ2) is 11.0. The molecule has 8 rings (SSSR count). The van der Waals surface area contributed by atoms with Crippen molar-refractivity contribution in [3.05, 3.63) is 103 Å². The lowest BCUT2D eigenvalue weighted by Gasteiger charge is -2.43. The summed E-state index contributed by atoms with van der Waals surface area (Å²) in [6, 6.07) is 21.5. The first-order valence-electron chi connectivity index (χ1n) is 14.6. The van der Waals surface area contributed by atoms with E-state index in [1.54, 1.807) is 42.1 Å². The molecular formula is C33H25Cl2N3O5S2. The fourth-order valence-corrected chi connectivity index (χ4v) is 11.2. The maximum Gasteiger partial charge on any atom is 0.305 e. The fraction of sp³-hybridized carbons (Fsp3) is 0.273. The van der Waals surface area contributed by atoms with E-state index < -0.39 is 5.92 Å². The molecule has 3 amide bonds. The predicted molar refractivity (Wildman–Crippen MR) is 174 cm³/mol. The number of aromatic nitrogens is 1. The summed E-state index contributed by atoms with van der Waals surface area (Å²) in [6.45, 7) is -0.251. The monoisotopic (exact) mass is 677 g/mol. The zero-order valence-electron chi connectivity index (χ0n) is 23.4. The summed E-state index contributed by atoms with van der Waals surface area (Å²) in [5.74, 6) is -1.16. The first kappa shape index (κ1) is 28.9. The Hall–Kier alpha value is -3.57. The SMILES string of the molecule is O=C(COc1ccccc1[C@H]1c2sc(=O)[nH]c2SC2C3CC(C4C(=O)N(c5ccccc5)C(=O)C34)C21)Nc1ccc(Cl)c(Cl)c1. The maximum atomic E-state index is 13.9. The van der Waals surface area contributed by atoms with E-state index in [0.717, 1.165) is 21.9 Å². The van der Waals surface area contributed by atoms with Crippen molar-refractivity contribution in [3.8, 4) is 5.75 Å². The molecule has 6 unspecified atom stereocenters. The number of hydrogen-bond donors (Lipinski definition) is 2. The molecule has 8 nitrogen and oxygen atoms in total. The van der Waals surface area contributed by atoms with Crippen molar-refractivity contribution in [2.24, 2.45) is 29.6 Å². The lowest BCUT2D eigenvalue weighted by Crippen LogP contribution is -2.42. The number of nitrogens with zero attached hydrogens (tertiary/aromatic N) is 1. The van der Waals surface area contributed by atoms with E-state index in [1.807, 2.05) is 42.5 Å². The number of H-pyrrole nitrogens is 1. The molecule has 12 heteroatoms. The average molecular weight is 679 g/mol. The van der Waals surface area contributed by atoms with Crippen molar-refractivity contribution >= 4 is 75.4 Å². The van der Waals surface area contributed by atoms with Crippen LogP contribution in [0.25, 0.3) is 0 Å². The summed E-state index contributed by atoms with van der Waals surface area (Å²) in [7, 11) is 0. The van der Waals surface area contributed by atoms with E-state index in [0.29, 0.717) is 27.2 Å². The molecule has 228 valence electrons. The highest BCUT2D eigenvalue weighted by molar-refractivity contribution is 8.00. The molecule has 7 atom stereocenters. The van der Waals surface area contributed by atoms with Gasteiger partial charge in [0, 0.05) is 27.3 Å². The van der Waals surface area contributed by atoms with Crippen molar-refractivity contribution < 1.29 is 19.1 Å². The Morgan fingerprint density at radius 2 is 1.67 bits per heavy atom.